The largest absolute Gasteiger partial charge is 0.308 e. The summed E-state index contributed by atoms with van der Waals surface area (Å²) in [7, 11) is 0. The fourth-order valence-electron chi connectivity index (χ4n) is 9.29. The SMILES string of the molecule is c1ccc(-c2nc(-c3ccccc3)nc(-n3c4ccccc4c4cc(-c5cc6ccc7cccc8c7c6c(c5)n8-c5cccc6c5sc5ccccc56)ccc43)n2)cc1. The summed E-state index contributed by atoms with van der Waals surface area (Å²) in [6.45, 7) is 0. The fourth-order valence-corrected chi connectivity index (χ4v) is 10.5. The van der Waals surface area contributed by atoms with Crippen molar-refractivity contribution in [1.82, 2.24) is 24.1 Å². The van der Waals surface area contributed by atoms with Gasteiger partial charge in [0.25, 0.3) is 0 Å². The number of fused-ring (bicyclic) bond motifs is 6. The topological polar surface area (TPSA) is 48.5 Å². The Morgan fingerprint density at radius 3 is 1.81 bits per heavy atom. The highest BCUT2D eigenvalue weighted by Crippen LogP contribution is 2.45. The molecule has 0 saturated heterocycles. The first kappa shape index (κ1) is 32.4. The van der Waals surface area contributed by atoms with Crippen molar-refractivity contribution in [3.8, 4) is 45.5 Å². The third-order valence-corrected chi connectivity index (χ3v) is 13.1. The Morgan fingerprint density at radius 1 is 0.356 bits per heavy atom. The van der Waals surface area contributed by atoms with Crippen LogP contribution in [0.3, 0.4) is 0 Å². The fraction of sp³-hybridized carbons (Fsp3) is 0. The van der Waals surface area contributed by atoms with Crippen LogP contribution in [0.15, 0.2) is 188 Å². The van der Waals surface area contributed by atoms with E-state index in [1.807, 2.05) is 47.7 Å². The Kier molecular flexibility index (Phi) is 6.82. The highest BCUT2D eigenvalue weighted by atomic mass is 32.1. The molecule has 0 atom stereocenters. The first-order valence-electron chi connectivity index (χ1n) is 19.9. The van der Waals surface area contributed by atoms with Crippen molar-refractivity contribution in [3.63, 3.8) is 0 Å². The molecule has 0 unspecified atom stereocenters. The summed E-state index contributed by atoms with van der Waals surface area (Å²) < 4.78 is 7.30. The van der Waals surface area contributed by atoms with Crippen LogP contribution in [0.4, 0.5) is 0 Å². The van der Waals surface area contributed by atoms with Gasteiger partial charge in [-0.2, -0.15) is 9.97 Å². The van der Waals surface area contributed by atoms with Gasteiger partial charge in [-0.15, -0.1) is 11.3 Å². The van der Waals surface area contributed by atoms with Crippen molar-refractivity contribution in [2.24, 2.45) is 0 Å². The van der Waals surface area contributed by atoms with Crippen molar-refractivity contribution in [3.05, 3.63) is 188 Å². The van der Waals surface area contributed by atoms with E-state index in [4.69, 9.17) is 15.0 Å². The second-order valence-electron chi connectivity index (χ2n) is 15.2. The Hall–Kier alpha value is -7.67. The number of hydrogen-bond acceptors (Lipinski definition) is 4. The molecular weight excluding hydrogens is 739 g/mol. The monoisotopic (exact) mass is 769 g/mol. The van der Waals surface area contributed by atoms with Gasteiger partial charge in [0.1, 0.15) is 0 Å². The van der Waals surface area contributed by atoms with E-state index in [2.05, 4.69) is 161 Å². The van der Waals surface area contributed by atoms with Gasteiger partial charge < -0.3 is 4.57 Å². The first-order chi connectivity index (χ1) is 29.2. The second-order valence-corrected chi connectivity index (χ2v) is 16.3. The minimum atomic E-state index is 0.586. The molecule has 0 bridgehead atoms. The van der Waals surface area contributed by atoms with E-state index in [-0.39, 0.29) is 0 Å². The summed E-state index contributed by atoms with van der Waals surface area (Å²) >= 11 is 1.88. The lowest BCUT2D eigenvalue weighted by atomic mass is 9.96. The van der Waals surface area contributed by atoms with Gasteiger partial charge in [0.15, 0.2) is 11.6 Å². The van der Waals surface area contributed by atoms with Crippen molar-refractivity contribution >= 4 is 85.9 Å². The molecule has 13 aromatic rings. The van der Waals surface area contributed by atoms with Crippen molar-refractivity contribution in [2.45, 2.75) is 0 Å². The van der Waals surface area contributed by atoms with Gasteiger partial charge in [0.2, 0.25) is 5.95 Å². The molecule has 0 spiro atoms. The molecule has 6 heteroatoms. The van der Waals surface area contributed by atoms with Gasteiger partial charge in [0, 0.05) is 48.1 Å². The van der Waals surface area contributed by atoms with Crippen LogP contribution >= 0.6 is 11.3 Å². The highest BCUT2D eigenvalue weighted by Gasteiger charge is 2.22. The number of aromatic nitrogens is 5. The average molecular weight is 770 g/mol. The number of nitrogens with zero attached hydrogens (tertiary/aromatic N) is 5. The van der Waals surface area contributed by atoms with E-state index in [1.165, 1.54) is 64.0 Å². The Morgan fingerprint density at radius 2 is 1.00 bits per heavy atom. The molecule has 5 nitrogen and oxygen atoms in total. The maximum absolute atomic E-state index is 5.14. The zero-order valence-corrected chi connectivity index (χ0v) is 32.4. The van der Waals surface area contributed by atoms with Crippen LogP contribution in [0.2, 0.25) is 0 Å². The molecule has 59 heavy (non-hydrogen) atoms. The molecule has 0 aliphatic heterocycles. The molecule has 0 saturated carbocycles. The van der Waals surface area contributed by atoms with Crippen molar-refractivity contribution in [1.29, 1.82) is 0 Å². The number of benzene rings is 9. The van der Waals surface area contributed by atoms with E-state index in [9.17, 15) is 0 Å². The second kappa shape index (κ2) is 12.4. The van der Waals surface area contributed by atoms with Gasteiger partial charge in [0.05, 0.1) is 32.5 Å². The molecule has 0 aliphatic rings. The average Bonchev–Trinajstić information content (AvgIpc) is 3.97. The predicted octanol–water partition coefficient (Wildman–Crippen LogP) is 14.0. The maximum atomic E-state index is 5.14. The Bertz CT molecular complexity index is 3730. The van der Waals surface area contributed by atoms with Crippen LogP contribution in [0, 0.1) is 0 Å². The summed E-state index contributed by atoms with van der Waals surface area (Å²) in [6.07, 6.45) is 0. The first-order valence-corrected chi connectivity index (χ1v) is 20.7. The van der Waals surface area contributed by atoms with Gasteiger partial charge in [-0.3, -0.25) is 4.57 Å². The number of hydrogen-bond donors (Lipinski definition) is 0. The molecule has 13 rings (SSSR count). The van der Waals surface area contributed by atoms with E-state index in [1.54, 1.807) is 0 Å². The molecule has 9 aromatic carbocycles. The van der Waals surface area contributed by atoms with Crippen LogP contribution in [-0.2, 0) is 0 Å². The molecule has 0 aliphatic carbocycles. The number of para-hydroxylation sites is 1. The van der Waals surface area contributed by atoms with Gasteiger partial charge >= 0.3 is 0 Å². The van der Waals surface area contributed by atoms with Crippen LogP contribution in [0.5, 0.6) is 0 Å². The summed E-state index contributed by atoms with van der Waals surface area (Å²) in [5.41, 5.74) is 9.94. The van der Waals surface area contributed by atoms with E-state index >= 15 is 0 Å². The van der Waals surface area contributed by atoms with Crippen LogP contribution < -0.4 is 0 Å². The van der Waals surface area contributed by atoms with Crippen LogP contribution in [0.1, 0.15) is 0 Å². The lowest BCUT2D eigenvalue weighted by Crippen LogP contribution is -2.06. The molecule has 0 radical (unpaired) electrons. The predicted molar refractivity (Wildman–Crippen MR) is 246 cm³/mol. The third kappa shape index (κ3) is 4.81. The van der Waals surface area contributed by atoms with Gasteiger partial charge in [-0.05, 0) is 70.4 Å². The highest BCUT2D eigenvalue weighted by molar-refractivity contribution is 7.26. The molecule has 4 aromatic heterocycles. The van der Waals surface area contributed by atoms with Gasteiger partial charge in [-0.25, -0.2) is 4.98 Å². The zero-order valence-electron chi connectivity index (χ0n) is 31.5. The lowest BCUT2D eigenvalue weighted by molar-refractivity contribution is 0.953. The molecule has 0 fully saturated rings. The van der Waals surface area contributed by atoms with E-state index < -0.39 is 0 Å². The molecule has 0 N–H and O–H groups in total. The minimum absolute atomic E-state index is 0.586. The summed E-state index contributed by atoms with van der Waals surface area (Å²) in [6, 6.07) is 67.3. The third-order valence-electron chi connectivity index (χ3n) is 11.9. The Balaban J connectivity index is 1.05. The zero-order chi connectivity index (χ0) is 38.6. The molecular formula is C53H31N5S. The summed E-state index contributed by atoms with van der Waals surface area (Å²) in [5, 5.41) is 9.99. The van der Waals surface area contributed by atoms with Crippen molar-refractivity contribution < 1.29 is 0 Å². The Labute approximate surface area is 342 Å². The van der Waals surface area contributed by atoms with Crippen LogP contribution in [-0.4, -0.2) is 24.1 Å². The summed E-state index contributed by atoms with van der Waals surface area (Å²) in [4.78, 5) is 15.3. The van der Waals surface area contributed by atoms with E-state index in [0.29, 0.717) is 17.6 Å². The molecule has 4 heterocycles. The van der Waals surface area contributed by atoms with Gasteiger partial charge in [-0.1, -0.05) is 140 Å². The summed E-state index contributed by atoms with van der Waals surface area (Å²) in [5.74, 6) is 1.86. The maximum Gasteiger partial charge on any atom is 0.238 e. The van der Waals surface area contributed by atoms with E-state index in [0.717, 1.165) is 38.5 Å². The molecule has 274 valence electrons. The molecule has 0 amide bonds. The quantitative estimate of drug-likeness (QED) is 0.164. The standard InChI is InChI=1S/C53H31N5S/c1-3-13-33(14-4-1)51-54-52(34-15-5-2-6-16-34)56-53(55-51)58-42-21-9-7-18-38(42)41-30-35(27-28-43(41)58)37-29-36-26-25-32-17-11-22-44-48(32)49(36)46(31-37)57(44)45-23-12-20-40-39-19-8-10-24-47(39)59-50(40)45/h1-31H. The number of rotatable bonds is 5. The van der Waals surface area contributed by atoms with Crippen molar-refractivity contribution in [2.75, 3.05) is 0 Å². The van der Waals surface area contributed by atoms with Crippen LogP contribution in [0.25, 0.3) is 120 Å². The minimum Gasteiger partial charge on any atom is -0.308 e. The smallest absolute Gasteiger partial charge is 0.238 e. The normalized spacial score (nSPS) is 12.1. The lowest BCUT2D eigenvalue weighted by Gasteiger charge is -2.12. The number of thiophene rings is 1.